The van der Waals surface area contributed by atoms with Crippen molar-refractivity contribution in [2.24, 2.45) is 0 Å². The Morgan fingerprint density at radius 2 is 1.13 bits per heavy atom. The Morgan fingerprint density at radius 1 is 0.667 bits per heavy atom. The van der Waals surface area contributed by atoms with E-state index in [2.05, 4.69) is 23.2 Å². The SMILES string of the molecule is [AsH3].c1ccc2nc3ccccc3cc2c1. The second kappa shape index (κ2) is 4.04. The summed E-state index contributed by atoms with van der Waals surface area (Å²) in [6, 6.07) is 18.6. The molecule has 3 aromatic rings. The topological polar surface area (TPSA) is 12.9 Å². The van der Waals surface area contributed by atoms with Crippen molar-refractivity contribution in [2.75, 3.05) is 0 Å². The molecule has 1 heterocycles. The van der Waals surface area contributed by atoms with Crippen molar-refractivity contribution < 1.29 is 0 Å². The van der Waals surface area contributed by atoms with Crippen molar-refractivity contribution in [1.82, 2.24) is 4.98 Å². The first-order valence-electron chi connectivity index (χ1n) is 4.68. The molecule has 0 fully saturated rings. The third-order valence-corrected chi connectivity index (χ3v) is 2.43. The number of benzene rings is 2. The molecular weight excluding hydrogens is 245 g/mol. The number of nitrogens with zero attached hydrogens (tertiary/aromatic N) is 1. The number of hydrogen-bond acceptors (Lipinski definition) is 1. The van der Waals surface area contributed by atoms with Crippen LogP contribution in [0.4, 0.5) is 0 Å². The van der Waals surface area contributed by atoms with Gasteiger partial charge in [0.25, 0.3) is 0 Å². The van der Waals surface area contributed by atoms with Gasteiger partial charge in [-0.1, -0.05) is 36.4 Å². The predicted molar refractivity (Wildman–Crippen MR) is 69.2 cm³/mol. The van der Waals surface area contributed by atoms with E-state index in [1.807, 2.05) is 36.4 Å². The number of pyridine rings is 1. The summed E-state index contributed by atoms with van der Waals surface area (Å²) in [6.45, 7) is 0. The van der Waals surface area contributed by atoms with Crippen LogP contribution in [0, 0.1) is 0 Å². The van der Waals surface area contributed by atoms with E-state index in [1.165, 1.54) is 10.8 Å². The third-order valence-electron chi connectivity index (χ3n) is 2.43. The number of aromatic nitrogens is 1. The summed E-state index contributed by atoms with van der Waals surface area (Å²) in [5, 5.41) is 2.40. The molecule has 0 aliphatic rings. The summed E-state index contributed by atoms with van der Waals surface area (Å²) in [5.74, 6) is 0. The first-order chi connectivity index (χ1) is 6.93. The van der Waals surface area contributed by atoms with Crippen LogP contribution in [0.1, 0.15) is 0 Å². The van der Waals surface area contributed by atoms with Crippen LogP contribution in [0.3, 0.4) is 0 Å². The predicted octanol–water partition coefficient (Wildman–Crippen LogP) is 2.20. The first kappa shape index (κ1) is 10.2. The van der Waals surface area contributed by atoms with Gasteiger partial charge in [-0.3, -0.25) is 0 Å². The van der Waals surface area contributed by atoms with E-state index in [0.29, 0.717) is 0 Å². The van der Waals surface area contributed by atoms with E-state index in [1.54, 1.807) is 0 Å². The van der Waals surface area contributed by atoms with E-state index in [-0.39, 0.29) is 18.0 Å². The Morgan fingerprint density at radius 3 is 1.67 bits per heavy atom. The van der Waals surface area contributed by atoms with Crippen molar-refractivity contribution in [3.8, 4) is 0 Å². The Hall–Kier alpha value is -1.33. The van der Waals surface area contributed by atoms with Crippen LogP contribution in [0.15, 0.2) is 54.6 Å². The molecule has 0 N–H and O–H groups in total. The minimum absolute atomic E-state index is 0. The van der Waals surface area contributed by atoms with Crippen molar-refractivity contribution >= 4 is 39.8 Å². The minimum atomic E-state index is 0. The summed E-state index contributed by atoms with van der Waals surface area (Å²) in [6.07, 6.45) is 0. The van der Waals surface area contributed by atoms with Crippen LogP contribution in [-0.2, 0) is 0 Å². The van der Waals surface area contributed by atoms with Gasteiger partial charge in [0.1, 0.15) is 0 Å². The van der Waals surface area contributed by atoms with Crippen LogP contribution < -0.4 is 0 Å². The van der Waals surface area contributed by atoms with Crippen molar-refractivity contribution in [3.05, 3.63) is 54.6 Å². The van der Waals surface area contributed by atoms with Crippen molar-refractivity contribution in [2.45, 2.75) is 0 Å². The third kappa shape index (κ3) is 1.75. The molecule has 0 bridgehead atoms. The Balaban J connectivity index is 0.000000853. The van der Waals surface area contributed by atoms with Crippen LogP contribution in [0.5, 0.6) is 0 Å². The summed E-state index contributed by atoms with van der Waals surface area (Å²) in [7, 11) is 0. The zero-order valence-corrected chi connectivity index (χ0v) is 11.3. The molecule has 3 rings (SSSR count). The maximum absolute atomic E-state index is 4.58. The molecule has 2 heteroatoms. The summed E-state index contributed by atoms with van der Waals surface area (Å²) < 4.78 is 0. The van der Waals surface area contributed by atoms with Gasteiger partial charge in [0.2, 0.25) is 0 Å². The molecule has 0 aliphatic heterocycles. The standard InChI is InChI=1S/C13H9N.AsH3/c1-3-7-12-10(5-1)9-11-6-2-4-8-13(11)14-12;/h1-9H;1H3. The molecule has 1 unspecified atom stereocenters. The van der Waals surface area contributed by atoms with Crippen LogP contribution in [0.25, 0.3) is 21.8 Å². The molecule has 0 saturated heterocycles. The Labute approximate surface area is 99.5 Å². The number of fused-ring (bicyclic) bond motifs is 2. The summed E-state index contributed by atoms with van der Waals surface area (Å²) >= 11 is 0. The average Bonchev–Trinajstić information content (AvgIpc) is 2.26. The van der Waals surface area contributed by atoms with E-state index in [0.717, 1.165) is 11.0 Å². The fraction of sp³-hybridized carbons (Fsp3) is 0. The van der Waals surface area contributed by atoms with Crippen LogP contribution in [-0.4, -0.2) is 22.9 Å². The van der Waals surface area contributed by atoms with Gasteiger partial charge in [0.15, 0.2) is 0 Å². The van der Waals surface area contributed by atoms with Gasteiger partial charge in [-0.15, -0.1) is 0 Å². The smallest absolute Gasteiger partial charge is 0.0709 e. The fourth-order valence-corrected chi connectivity index (χ4v) is 1.72. The molecule has 0 radical (unpaired) electrons. The van der Waals surface area contributed by atoms with Crippen LogP contribution in [0.2, 0.25) is 0 Å². The van der Waals surface area contributed by atoms with E-state index >= 15 is 0 Å². The molecular formula is C13H12AsN. The number of rotatable bonds is 0. The molecule has 0 aliphatic carbocycles. The van der Waals surface area contributed by atoms with Gasteiger partial charge in [0, 0.05) is 10.8 Å². The minimum Gasteiger partial charge on any atom is -0.248 e. The Kier molecular flexibility index (Phi) is 2.74. The molecule has 0 amide bonds. The zero-order chi connectivity index (χ0) is 9.38. The van der Waals surface area contributed by atoms with Gasteiger partial charge in [-0.25, -0.2) is 4.98 Å². The Bertz CT molecular complexity index is 499. The molecule has 1 nitrogen and oxygen atoms in total. The monoisotopic (exact) mass is 257 g/mol. The normalized spacial score (nSPS) is 10.1. The van der Waals surface area contributed by atoms with Crippen molar-refractivity contribution in [3.63, 3.8) is 0 Å². The summed E-state index contributed by atoms with van der Waals surface area (Å²) in [5.41, 5.74) is 2.12. The zero-order valence-electron chi connectivity index (χ0n) is 8.35. The van der Waals surface area contributed by atoms with Gasteiger partial charge in [-0.05, 0) is 18.2 Å². The van der Waals surface area contributed by atoms with Crippen molar-refractivity contribution in [1.29, 1.82) is 0 Å². The summed E-state index contributed by atoms with van der Waals surface area (Å²) in [4.78, 5) is 4.58. The first-order valence-corrected chi connectivity index (χ1v) is 4.68. The quantitative estimate of drug-likeness (QED) is 0.444. The maximum atomic E-state index is 4.58. The fourth-order valence-electron chi connectivity index (χ4n) is 1.72. The van der Waals surface area contributed by atoms with Crippen LogP contribution >= 0.6 is 0 Å². The second-order valence-corrected chi connectivity index (χ2v) is 3.37. The molecule has 74 valence electrons. The molecule has 1 aromatic heterocycles. The average molecular weight is 257 g/mol. The second-order valence-electron chi connectivity index (χ2n) is 3.37. The van der Waals surface area contributed by atoms with Gasteiger partial charge in [-0.2, -0.15) is 0 Å². The van der Waals surface area contributed by atoms with E-state index in [4.69, 9.17) is 0 Å². The number of para-hydroxylation sites is 2. The van der Waals surface area contributed by atoms with Gasteiger partial charge >= 0.3 is 18.0 Å². The van der Waals surface area contributed by atoms with E-state index in [9.17, 15) is 0 Å². The number of hydrogen-bond donors (Lipinski definition) is 0. The largest absolute Gasteiger partial charge is 0.248 e. The maximum Gasteiger partial charge on any atom is 0.0709 e. The molecule has 1 atom stereocenters. The van der Waals surface area contributed by atoms with Gasteiger partial charge in [0.05, 0.1) is 11.0 Å². The molecule has 0 saturated carbocycles. The molecule has 0 spiro atoms. The van der Waals surface area contributed by atoms with Gasteiger partial charge < -0.3 is 0 Å². The molecule has 15 heavy (non-hydrogen) atoms. The van der Waals surface area contributed by atoms with E-state index < -0.39 is 0 Å². The molecule has 2 aromatic carbocycles.